The van der Waals surface area contributed by atoms with Gasteiger partial charge in [-0.2, -0.15) is 0 Å². The van der Waals surface area contributed by atoms with Crippen LogP contribution in [-0.4, -0.2) is 8.32 Å². The summed E-state index contributed by atoms with van der Waals surface area (Å²) in [4.78, 5) is 0. The molecule has 88 valence electrons. The summed E-state index contributed by atoms with van der Waals surface area (Å²) in [5.41, 5.74) is 1.11. The van der Waals surface area contributed by atoms with Gasteiger partial charge in [0.15, 0.2) is 0 Å². The molecule has 0 fully saturated rings. The van der Waals surface area contributed by atoms with Gasteiger partial charge in [0.1, 0.15) is 5.75 Å². The van der Waals surface area contributed by atoms with E-state index in [4.69, 9.17) is 4.43 Å². The summed E-state index contributed by atoms with van der Waals surface area (Å²) in [5.74, 6) is 0.962. The molecule has 0 saturated carbocycles. The predicted octanol–water partition coefficient (Wildman–Crippen LogP) is 4.71. The Kier molecular flexibility index (Phi) is 3.63. The van der Waals surface area contributed by atoms with Crippen LogP contribution in [-0.2, 0) is 0 Å². The molecule has 1 rings (SSSR count). The van der Waals surface area contributed by atoms with Crippen molar-refractivity contribution in [1.29, 1.82) is 0 Å². The van der Waals surface area contributed by atoms with Crippen molar-refractivity contribution in [3.63, 3.8) is 0 Å². The van der Waals surface area contributed by atoms with Gasteiger partial charge in [-0.15, -0.1) is 0 Å². The van der Waals surface area contributed by atoms with E-state index < -0.39 is 8.32 Å². The van der Waals surface area contributed by atoms with E-state index in [1.165, 1.54) is 0 Å². The predicted molar refractivity (Wildman–Crippen MR) is 74.4 cm³/mol. The van der Waals surface area contributed by atoms with Crippen molar-refractivity contribution in [2.45, 2.75) is 38.9 Å². The molecule has 1 aromatic carbocycles. The number of rotatable bonds is 3. The Bertz CT molecular complexity index is 375. The van der Waals surface area contributed by atoms with Crippen LogP contribution < -0.4 is 4.43 Å². The van der Waals surface area contributed by atoms with Crippen LogP contribution >= 0.6 is 0 Å². The molecule has 1 aromatic rings. The zero-order valence-corrected chi connectivity index (χ0v) is 12.0. The van der Waals surface area contributed by atoms with Gasteiger partial charge in [-0.3, -0.25) is 0 Å². The van der Waals surface area contributed by atoms with E-state index in [9.17, 15) is 0 Å². The van der Waals surface area contributed by atoms with Gasteiger partial charge in [-0.05, 0) is 35.8 Å². The molecule has 0 bridgehead atoms. The second-order valence-corrected chi connectivity index (χ2v) is 10.4. The fourth-order valence-corrected chi connectivity index (χ4v) is 2.18. The van der Waals surface area contributed by atoms with Crippen LogP contribution in [0.5, 0.6) is 5.75 Å². The Morgan fingerprint density at radius 3 is 2.38 bits per heavy atom. The first kappa shape index (κ1) is 13.0. The summed E-state index contributed by atoms with van der Waals surface area (Å²) in [7, 11) is -1.72. The topological polar surface area (TPSA) is 9.23 Å². The van der Waals surface area contributed by atoms with Crippen molar-refractivity contribution in [2.24, 2.45) is 0 Å². The first-order valence-electron chi connectivity index (χ1n) is 5.68. The molecule has 0 radical (unpaired) electrons. The van der Waals surface area contributed by atoms with Crippen molar-refractivity contribution < 1.29 is 4.43 Å². The minimum Gasteiger partial charge on any atom is -0.543 e. The second kappa shape index (κ2) is 4.46. The molecule has 0 aromatic heterocycles. The van der Waals surface area contributed by atoms with E-state index >= 15 is 0 Å². The Morgan fingerprint density at radius 2 is 1.88 bits per heavy atom. The van der Waals surface area contributed by atoms with Gasteiger partial charge >= 0.3 is 0 Å². The average molecular weight is 234 g/mol. The zero-order chi connectivity index (χ0) is 12.4. The minimum atomic E-state index is -1.72. The third-order valence-corrected chi connectivity index (χ3v) is 7.63. The van der Waals surface area contributed by atoms with Crippen LogP contribution in [0.4, 0.5) is 0 Å². The first-order chi connectivity index (χ1) is 7.26. The Hall–Kier alpha value is -1.02. The Morgan fingerprint density at radius 1 is 1.25 bits per heavy atom. The van der Waals surface area contributed by atoms with Gasteiger partial charge < -0.3 is 4.43 Å². The highest BCUT2D eigenvalue weighted by molar-refractivity contribution is 6.74. The highest BCUT2D eigenvalue weighted by Gasteiger charge is 2.38. The summed E-state index contributed by atoms with van der Waals surface area (Å²) >= 11 is 0. The SMILES string of the molecule is C=Cc1cccc(O[Si](C)(C)C(C)(C)C)c1. The van der Waals surface area contributed by atoms with Gasteiger partial charge in [-0.1, -0.05) is 45.6 Å². The molecule has 0 atom stereocenters. The molecule has 1 nitrogen and oxygen atoms in total. The van der Waals surface area contributed by atoms with Gasteiger partial charge in [0.25, 0.3) is 0 Å². The maximum absolute atomic E-state index is 6.20. The standard InChI is InChI=1S/C14H22OSi/c1-7-12-9-8-10-13(11-12)15-16(5,6)14(2,3)4/h7-11H,1H2,2-6H3. The average Bonchev–Trinajstić information content (AvgIpc) is 2.15. The molecule has 0 heterocycles. The Balaban J connectivity index is 2.92. The lowest BCUT2D eigenvalue weighted by molar-refractivity contribution is 0.492. The van der Waals surface area contributed by atoms with Gasteiger partial charge in [0.05, 0.1) is 0 Å². The van der Waals surface area contributed by atoms with Crippen LogP contribution in [0.1, 0.15) is 26.3 Å². The number of hydrogen-bond acceptors (Lipinski definition) is 1. The number of benzene rings is 1. The smallest absolute Gasteiger partial charge is 0.250 e. The summed E-state index contributed by atoms with van der Waals surface area (Å²) in [6.07, 6.45) is 1.85. The first-order valence-corrected chi connectivity index (χ1v) is 8.58. The normalized spacial score (nSPS) is 12.3. The lowest BCUT2D eigenvalue weighted by Gasteiger charge is -2.36. The largest absolute Gasteiger partial charge is 0.543 e. The Labute approximate surface area is 100 Å². The third-order valence-electron chi connectivity index (χ3n) is 3.27. The quantitative estimate of drug-likeness (QED) is 0.688. The molecule has 0 saturated heterocycles. The van der Waals surface area contributed by atoms with Crippen molar-refractivity contribution >= 4 is 14.4 Å². The summed E-state index contributed by atoms with van der Waals surface area (Å²) in [5, 5.41) is 0.233. The molecule has 2 heteroatoms. The molecule has 16 heavy (non-hydrogen) atoms. The summed E-state index contributed by atoms with van der Waals surface area (Å²) in [6.45, 7) is 15.0. The fraction of sp³-hybridized carbons (Fsp3) is 0.429. The maximum atomic E-state index is 6.20. The van der Waals surface area contributed by atoms with Gasteiger partial charge in [0, 0.05) is 0 Å². The molecule has 0 aliphatic heterocycles. The molecule has 0 amide bonds. The molecule has 0 aliphatic carbocycles. The maximum Gasteiger partial charge on any atom is 0.250 e. The van der Waals surface area contributed by atoms with Crippen LogP contribution in [0.15, 0.2) is 30.8 Å². The van der Waals surface area contributed by atoms with Crippen molar-refractivity contribution in [3.05, 3.63) is 36.4 Å². The van der Waals surface area contributed by atoms with E-state index in [-0.39, 0.29) is 5.04 Å². The molecule has 0 aliphatic rings. The molecule has 0 unspecified atom stereocenters. The third kappa shape index (κ3) is 2.98. The second-order valence-electron chi connectivity index (χ2n) is 5.64. The monoisotopic (exact) mass is 234 g/mol. The molecule has 0 spiro atoms. The highest BCUT2D eigenvalue weighted by atomic mass is 28.4. The fourth-order valence-electron chi connectivity index (χ4n) is 1.15. The number of hydrogen-bond donors (Lipinski definition) is 0. The van der Waals surface area contributed by atoms with E-state index in [0.29, 0.717) is 0 Å². The summed E-state index contributed by atoms with van der Waals surface area (Å²) < 4.78 is 6.20. The van der Waals surface area contributed by atoms with Crippen molar-refractivity contribution in [2.75, 3.05) is 0 Å². The van der Waals surface area contributed by atoms with Crippen LogP contribution in [0.3, 0.4) is 0 Å². The molecular weight excluding hydrogens is 212 g/mol. The van der Waals surface area contributed by atoms with Crippen molar-refractivity contribution in [1.82, 2.24) is 0 Å². The molecular formula is C14H22OSi. The zero-order valence-electron chi connectivity index (χ0n) is 11.0. The van der Waals surface area contributed by atoms with Crippen LogP contribution in [0.2, 0.25) is 18.1 Å². The minimum absolute atomic E-state index is 0.233. The highest BCUT2D eigenvalue weighted by Crippen LogP contribution is 2.37. The lowest BCUT2D eigenvalue weighted by Crippen LogP contribution is -2.43. The van der Waals surface area contributed by atoms with E-state index in [1.54, 1.807) is 0 Å². The van der Waals surface area contributed by atoms with Crippen LogP contribution in [0, 0.1) is 0 Å². The lowest BCUT2D eigenvalue weighted by atomic mass is 10.2. The van der Waals surface area contributed by atoms with E-state index in [1.807, 2.05) is 30.3 Å². The van der Waals surface area contributed by atoms with Crippen LogP contribution in [0.25, 0.3) is 6.08 Å². The van der Waals surface area contributed by atoms with E-state index in [2.05, 4.69) is 40.4 Å². The molecule has 0 N–H and O–H groups in total. The summed E-state index contributed by atoms with van der Waals surface area (Å²) in [6, 6.07) is 8.12. The van der Waals surface area contributed by atoms with Gasteiger partial charge in [0.2, 0.25) is 8.32 Å². The van der Waals surface area contributed by atoms with Gasteiger partial charge in [-0.25, -0.2) is 0 Å². The van der Waals surface area contributed by atoms with E-state index in [0.717, 1.165) is 11.3 Å². The van der Waals surface area contributed by atoms with Crippen molar-refractivity contribution in [3.8, 4) is 5.75 Å².